The third-order valence-corrected chi connectivity index (χ3v) is 5.09. The van der Waals surface area contributed by atoms with Crippen molar-refractivity contribution in [3.63, 3.8) is 0 Å². The predicted octanol–water partition coefficient (Wildman–Crippen LogP) is 2.05. The molecule has 2 rings (SSSR count). The Morgan fingerprint density at radius 1 is 1.47 bits per heavy atom. The fourth-order valence-corrected chi connectivity index (χ4v) is 3.00. The fourth-order valence-electron chi connectivity index (χ4n) is 1.50. The van der Waals surface area contributed by atoms with Gasteiger partial charge >= 0.3 is 0 Å². The molecule has 2 aromatic heterocycles. The van der Waals surface area contributed by atoms with Crippen LogP contribution in [0.4, 0.5) is 0 Å². The average molecular weight is 270 g/mol. The van der Waals surface area contributed by atoms with E-state index in [1.807, 2.05) is 28.3 Å². The maximum absolute atomic E-state index is 11.5. The first-order valence-electron chi connectivity index (χ1n) is 5.38. The zero-order valence-corrected chi connectivity index (χ0v) is 11.2. The molecule has 0 N–H and O–H groups in total. The molecule has 0 radical (unpaired) electrons. The molecule has 0 saturated carbocycles. The summed E-state index contributed by atoms with van der Waals surface area (Å²) in [6.07, 6.45) is 3.52. The zero-order chi connectivity index (χ0) is 12.3. The van der Waals surface area contributed by atoms with Gasteiger partial charge in [0, 0.05) is 24.7 Å². The third-order valence-electron chi connectivity index (χ3n) is 2.54. The van der Waals surface area contributed by atoms with Crippen molar-refractivity contribution in [2.24, 2.45) is 0 Å². The summed E-state index contributed by atoms with van der Waals surface area (Å²) in [5.74, 6) is 1.19. The maximum Gasteiger partial charge on any atom is 0.151 e. The number of sulfone groups is 1. The Kier molecular flexibility index (Phi) is 3.63. The Morgan fingerprint density at radius 3 is 2.94 bits per heavy atom. The summed E-state index contributed by atoms with van der Waals surface area (Å²) in [6.45, 7) is 2.13. The number of aromatic nitrogens is 2. The smallest absolute Gasteiger partial charge is 0.151 e. The van der Waals surface area contributed by atoms with Crippen LogP contribution in [-0.2, 0) is 16.4 Å². The van der Waals surface area contributed by atoms with Gasteiger partial charge < -0.3 is 4.57 Å². The van der Waals surface area contributed by atoms with Crippen molar-refractivity contribution < 1.29 is 8.42 Å². The van der Waals surface area contributed by atoms with Crippen molar-refractivity contribution in [1.82, 2.24) is 9.55 Å². The van der Waals surface area contributed by atoms with E-state index >= 15 is 0 Å². The molecule has 2 aromatic rings. The van der Waals surface area contributed by atoms with Gasteiger partial charge in [-0.25, -0.2) is 13.4 Å². The van der Waals surface area contributed by atoms with Crippen molar-refractivity contribution in [3.05, 3.63) is 29.9 Å². The van der Waals surface area contributed by atoms with E-state index in [0.717, 1.165) is 10.7 Å². The molecular formula is C11H14N2O2S2. The largest absolute Gasteiger partial charge is 0.329 e. The SMILES string of the molecule is CCS(=O)(=O)CCn1ccnc1-c1cccs1. The summed E-state index contributed by atoms with van der Waals surface area (Å²) < 4.78 is 24.8. The lowest BCUT2D eigenvalue weighted by molar-refractivity contribution is 0.590. The first-order valence-corrected chi connectivity index (χ1v) is 8.08. The fraction of sp³-hybridized carbons (Fsp3) is 0.364. The first-order chi connectivity index (χ1) is 8.12. The Morgan fingerprint density at radius 2 is 2.29 bits per heavy atom. The third kappa shape index (κ3) is 2.95. The van der Waals surface area contributed by atoms with Gasteiger partial charge in [0.1, 0.15) is 5.82 Å². The molecule has 0 amide bonds. The highest BCUT2D eigenvalue weighted by Crippen LogP contribution is 2.22. The normalized spacial score (nSPS) is 11.8. The van der Waals surface area contributed by atoms with Crippen molar-refractivity contribution in [2.45, 2.75) is 13.5 Å². The zero-order valence-electron chi connectivity index (χ0n) is 9.54. The second-order valence-corrected chi connectivity index (χ2v) is 7.08. The van der Waals surface area contributed by atoms with Gasteiger partial charge in [0.15, 0.2) is 9.84 Å². The number of thiophene rings is 1. The van der Waals surface area contributed by atoms with E-state index < -0.39 is 9.84 Å². The molecule has 0 fully saturated rings. The summed E-state index contributed by atoms with van der Waals surface area (Å²) in [6, 6.07) is 3.94. The Labute approximate surface area is 105 Å². The van der Waals surface area contributed by atoms with Crippen molar-refractivity contribution in [2.75, 3.05) is 11.5 Å². The topological polar surface area (TPSA) is 52.0 Å². The molecule has 0 aromatic carbocycles. The monoisotopic (exact) mass is 270 g/mol. The molecule has 2 heterocycles. The number of hydrogen-bond acceptors (Lipinski definition) is 4. The molecule has 0 aliphatic carbocycles. The Hall–Kier alpha value is -1.14. The van der Waals surface area contributed by atoms with E-state index in [-0.39, 0.29) is 11.5 Å². The van der Waals surface area contributed by atoms with Crippen LogP contribution in [0.1, 0.15) is 6.92 Å². The predicted molar refractivity (Wildman–Crippen MR) is 69.9 cm³/mol. The summed E-state index contributed by atoms with van der Waals surface area (Å²) in [4.78, 5) is 5.32. The van der Waals surface area contributed by atoms with E-state index in [4.69, 9.17) is 0 Å². The van der Waals surface area contributed by atoms with E-state index in [2.05, 4.69) is 4.98 Å². The Balaban J connectivity index is 2.16. The summed E-state index contributed by atoms with van der Waals surface area (Å²) in [5.41, 5.74) is 0. The van der Waals surface area contributed by atoms with E-state index in [0.29, 0.717) is 6.54 Å². The van der Waals surface area contributed by atoms with Gasteiger partial charge in [0.05, 0.1) is 10.6 Å². The summed E-state index contributed by atoms with van der Waals surface area (Å²) >= 11 is 1.60. The second kappa shape index (κ2) is 5.01. The van der Waals surface area contributed by atoms with Crippen LogP contribution in [0.15, 0.2) is 29.9 Å². The van der Waals surface area contributed by atoms with Crippen molar-refractivity contribution in [1.29, 1.82) is 0 Å². The minimum absolute atomic E-state index is 0.165. The van der Waals surface area contributed by atoms with E-state index in [1.165, 1.54) is 0 Å². The lowest BCUT2D eigenvalue weighted by Crippen LogP contribution is -2.14. The highest BCUT2D eigenvalue weighted by molar-refractivity contribution is 7.91. The molecule has 0 aliphatic rings. The maximum atomic E-state index is 11.5. The molecule has 0 atom stereocenters. The highest BCUT2D eigenvalue weighted by Gasteiger charge is 2.11. The molecule has 0 aliphatic heterocycles. The average Bonchev–Trinajstić information content (AvgIpc) is 2.96. The minimum atomic E-state index is -2.93. The van der Waals surface area contributed by atoms with Gasteiger partial charge in [-0.1, -0.05) is 13.0 Å². The number of nitrogens with zero attached hydrogens (tertiary/aromatic N) is 2. The molecule has 0 spiro atoms. The van der Waals surface area contributed by atoms with Crippen molar-refractivity contribution in [3.8, 4) is 10.7 Å². The van der Waals surface area contributed by atoms with E-state index in [9.17, 15) is 8.42 Å². The Bertz CT molecular complexity index is 570. The summed E-state index contributed by atoms with van der Waals surface area (Å²) in [7, 11) is -2.93. The van der Waals surface area contributed by atoms with Crippen LogP contribution < -0.4 is 0 Å². The van der Waals surface area contributed by atoms with Crippen LogP contribution in [-0.4, -0.2) is 29.5 Å². The quantitative estimate of drug-likeness (QED) is 0.835. The minimum Gasteiger partial charge on any atom is -0.329 e. The van der Waals surface area contributed by atoms with Crippen LogP contribution in [0.5, 0.6) is 0 Å². The molecule has 17 heavy (non-hydrogen) atoms. The van der Waals surface area contributed by atoms with Gasteiger partial charge in [0.2, 0.25) is 0 Å². The highest BCUT2D eigenvalue weighted by atomic mass is 32.2. The van der Waals surface area contributed by atoms with Gasteiger partial charge in [-0.2, -0.15) is 0 Å². The lowest BCUT2D eigenvalue weighted by atomic mass is 10.4. The van der Waals surface area contributed by atoms with Crippen LogP contribution in [0, 0.1) is 0 Å². The summed E-state index contributed by atoms with van der Waals surface area (Å²) in [5, 5.41) is 1.98. The van der Waals surface area contributed by atoms with Crippen molar-refractivity contribution >= 4 is 21.2 Å². The van der Waals surface area contributed by atoms with Crippen LogP contribution in [0.3, 0.4) is 0 Å². The van der Waals surface area contributed by atoms with Gasteiger partial charge in [-0.15, -0.1) is 11.3 Å². The number of rotatable bonds is 5. The lowest BCUT2D eigenvalue weighted by Gasteiger charge is -2.06. The molecule has 0 saturated heterocycles. The van der Waals surface area contributed by atoms with Crippen LogP contribution in [0.2, 0.25) is 0 Å². The van der Waals surface area contributed by atoms with E-state index in [1.54, 1.807) is 24.5 Å². The number of aryl methyl sites for hydroxylation is 1. The molecule has 6 heteroatoms. The molecular weight excluding hydrogens is 256 g/mol. The number of imidazole rings is 1. The van der Waals surface area contributed by atoms with Crippen LogP contribution >= 0.6 is 11.3 Å². The standard InChI is InChI=1S/C11H14N2O2S2/c1-2-17(14,15)9-7-13-6-5-12-11(13)10-4-3-8-16-10/h3-6,8H,2,7,9H2,1H3. The molecule has 4 nitrogen and oxygen atoms in total. The van der Waals surface area contributed by atoms with Gasteiger partial charge in [-0.3, -0.25) is 0 Å². The van der Waals surface area contributed by atoms with Crippen LogP contribution in [0.25, 0.3) is 10.7 Å². The van der Waals surface area contributed by atoms with Gasteiger partial charge in [-0.05, 0) is 11.4 Å². The molecule has 0 unspecified atom stereocenters. The van der Waals surface area contributed by atoms with Gasteiger partial charge in [0.25, 0.3) is 0 Å². The number of hydrogen-bond donors (Lipinski definition) is 0. The molecule has 92 valence electrons. The molecule has 0 bridgehead atoms. The second-order valence-electron chi connectivity index (χ2n) is 3.66. The first kappa shape index (κ1) is 12.3.